The smallest absolute Gasteiger partial charge is 0.337 e. The van der Waals surface area contributed by atoms with Crippen molar-refractivity contribution in [2.75, 3.05) is 37.3 Å². The zero-order valence-electron chi connectivity index (χ0n) is 10.9. The molecule has 20 heavy (non-hydrogen) atoms. The molecule has 6 nitrogen and oxygen atoms in total. The molecule has 0 aromatic heterocycles. The first-order valence-corrected chi connectivity index (χ1v) is 8.25. The minimum Gasteiger partial charge on any atom is -0.478 e. The fourth-order valence-corrected chi connectivity index (χ4v) is 3.37. The molecule has 1 N–H and O–H groups in total. The molecule has 0 atom stereocenters. The fourth-order valence-electron chi connectivity index (χ4n) is 2.25. The Morgan fingerprint density at radius 3 is 2.35 bits per heavy atom. The maximum Gasteiger partial charge on any atom is 0.337 e. The van der Waals surface area contributed by atoms with Gasteiger partial charge in [-0.15, -0.1) is 0 Å². The van der Waals surface area contributed by atoms with Crippen LogP contribution in [0.1, 0.15) is 10.4 Å². The lowest BCUT2D eigenvalue weighted by molar-refractivity contribution is 0.0697. The van der Waals surface area contributed by atoms with Crippen LogP contribution in [0.3, 0.4) is 0 Å². The number of para-hydroxylation sites is 1. The summed E-state index contributed by atoms with van der Waals surface area (Å²) in [7, 11) is -3.21. The molecule has 1 aromatic rings. The summed E-state index contributed by atoms with van der Waals surface area (Å²) in [5, 5.41) is 9.57. The lowest BCUT2D eigenvalue weighted by Gasteiger charge is -2.35. The fraction of sp³-hybridized carbons (Fsp3) is 0.417. The van der Waals surface area contributed by atoms with E-state index < -0.39 is 16.0 Å². The predicted molar refractivity (Wildman–Crippen MR) is 77.0 cm³/mol. The number of halogens is 1. The molecule has 2 rings (SSSR count). The second-order valence-corrected chi connectivity index (χ2v) is 6.98. The van der Waals surface area contributed by atoms with Gasteiger partial charge in [0.25, 0.3) is 0 Å². The highest BCUT2D eigenvalue weighted by molar-refractivity contribution is 7.88. The van der Waals surface area contributed by atoms with Crippen molar-refractivity contribution in [3.63, 3.8) is 0 Å². The second kappa shape index (κ2) is 5.59. The molecular weight excluding hydrogens is 304 g/mol. The number of hydrogen-bond donors (Lipinski definition) is 1. The van der Waals surface area contributed by atoms with E-state index in [0.717, 1.165) is 0 Å². The number of piperazine rings is 1. The van der Waals surface area contributed by atoms with Crippen molar-refractivity contribution >= 4 is 33.3 Å². The maximum atomic E-state index is 11.5. The Labute approximate surface area is 122 Å². The highest BCUT2D eigenvalue weighted by atomic mass is 35.5. The van der Waals surface area contributed by atoms with E-state index in [1.165, 1.54) is 16.6 Å². The second-order valence-electron chi connectivity index (χ2n) is 4.59. The maximum absolute atomic E-state index is 11.5. The van der Waals surface area contributed by atoms with E-state index >= 15 is 0 Å². The Morgan fingerprint density at radius 1 is 1.25 bits per heavy atom. The van der Waals surface area contributed by atoms with Gasteiger partial charge in [0.2, 0.25) is 10.0 Å². The summed E-state index contributed by atoms with van der Waals surface area (Å²) in [4.78, 5) is 13.1. The molecule has 110 valence electrons. The Hall–Kier alpha value is -1.31. The van der Waals surface area contributed by atoms with Gasteiger partial charge in [-0.05, 0) is 12.1 Å². The molecule has 0 amide bonds. The molecule has 1 fully saturated rings. The summed E-state index contributed by atoms with van der Waals surface area (Å²) in [5.74, 6) is -1.05. The third kappa shape index (κ3) is 3.05. The molecule has 8 heteroatoms. The number of carboxylic acid groups (broad SMARTS) is 1. The molecule has 0 radical (unpaired) electrons. The van der Waals surface area contributed by atoms with Gasteiger partial charge in [0.1, 0.15) is 0 Å². The summed E-state index contributed by atoms with van der Waals surface area (Å²) in [5.41, 5.74) is 0.583. The number of carbonyl (C=O) groups is 1. The standard InChI is InChI=1S/C12H15ClN2O4S/c1-20(18,19)15-7-5-14(6-8-15)11-9(12(16)17)3-2-4-10(11)13/h2-4H,5-8H2,1H3,(H,16,17). The molecule has 0 spiro atoms. The minimum absolute atomic E-state index is 0.130. The van der Waals surface area contributed by atoms with Crippen LogP contribution in [0.5, 0.6) is 0 Å². The Morgan fingerprint density at radius 2 is 1.85 bits per heavy atom. The van der Waals surface area contributed by atoms with Crippen molar-refractivity contribution in [1.29, 1.82) is 0 Å². The van der Waals surface area contributed by atoms with E-state index in [1.807, 2.05) is 4.90 Å². The van der Waals surface area contributed by atoms with E-state index in [2.05, 4.69) is 0 Å². The first-order chi connectivity index (χ1) is 9.30. The monoisotopic (exact) mass is 318 g/mol. The van der Waals surface area contributed by atoms with Crippen LogP contribution < -0.4 is 4.90 Å². The lowest BCUT2D eigenvalue weighted by atomic mass is 10.1. The number of nitrogens with zero attached hydrogens (tertiary/aromatic N) is 2. The first-order valence-electron chi connectivity index (χ1n) is 6.02. The van der Waals surface area contributed by atoms with Gasteiger partial charge in [-0.3, -0.25) is 0 Å². The van der Waals surface area contributed by atoms with E-state index in [0.29, 0.717) is 36.9 Å². The number of benzene rings is 1. The molecule has 0 aliphatic carbocycles. The Bertz CT molecular complexity index is 624. The van der Waals surface area contributed by atoms with Crippen LogP contribution in [0.4, 0.5) is 5.69 Å². The SMILES string of the molecule is CS(=O)(=O)N1CCN(c2c(Cl)cccc2C(=O)O)CC1. The van der Waals surface area contributed by atoms with Crippen molar-refractivity contribution in [2.45, 2.75) is 0 Å². The molecule has 1 aromatic carbocycles. The van der Waals surface area contributed by atoms with Crippen LogP contribution in [0, 0.1) is 0 Å². The number of carboxylic acids is 1. The molecule has 1 saturated heterocycles. The predicted octanol–water partition coefficient (Wildman–Crippen LogP) is 1.12. The van der Waals surface area contributed by atoms with Crippen molar-refractivity contribution < 1.29 is 18.3 Å². The van der Waals surface area contributed by atoms with E-state index in [1.54, 1.807) is 12.1 Å². The molecular formula is C12H15ClN2O4S. The number of sulfonamides is 1. The van der Waals surface area contributed by atoms with E-state index in [9.17, 15) is 18.3 Å². The van der Waals surface area contributed by atoms with Crippen molar-refractivity contribution in [2.24, 2.45) is 0 Å². The van der Waals surface area contributed by atoms with Gasteiger partial charge in [0.05, 0.1) is 22.5 Å². The zero-order valence-corrected chi connectivity index (χ0v) is 12.5. The summed E-state index contributed by atoms with van der Waals surface area (Å²) in [6, 6.07) is 4.71. The van der Waals surface area contributed by atoms with Crippen molar-refractivity contribution in [1.82, 2.24) is 4.31 Å². The molecule has 1 aliphatic rings. The van der Waals surface area contributed by atoms with Crippen LogP contribution in [-0.4, -0.2) is 56.2 Å². The van der Waals surface area contributed by atoms with Gasteiger partial charge in [0.15, 0.2) is 0 Å². The van der Waals surface area contributed by atoms with E-state index in [-0.39, 0.29) is 5.56 Å². The quantitative estimate of drug-likeness (QED) is 0.903. The summed E-state index contributed by atoms with van der Waals surface area (Å²) in [6.07, 6.45) is 1.17. The van der Waals surface area contributed by atoms with Gasteiger partial charge >= 0.3 is 5.97 Å². The number of rotatable bonds is 3. The van der Waals surface area contributed by atoms with Gasteiger partial charge in [-0.25, -0.2) is 13.2 Å². The first kappa shape index (κ1) is 15.1. The van der Waals surface area contributed by atoms with Crippen LogP contribution in [-0.2, 0) is 10.0 Å². The third-order valence-electron chi connectivity index (χ3n) is 3.24. The molecule has 1 aliphatic heterocycles. The van der Waals surface area contributed by atoms with Crippen LogP contribution >= 0.6 is 11.6 Å². The average molecular weight is 319 g/mol. The van der Waals surface area contributed by atoms with Crippen molar-refractivity contribution in [3.8, 4) is 0 Å². The Kier molecular flexibility index (Phi) is 4.22. The molecule has 1 heterocycles. The zero-order chi connectivity index (χ0) is 14.9. The van der Waals surface area contributed by atoms with Gasteiger partial charge < -0.3 is 10.0 Å². The average Bonchev–Trinajstić information content (AvgIpc) is 2.37. The number of anilines is 1. The highest BCUT2D eigenvalue weighted by Gasteiger charge is 2.26. The number of hydrogen-bond acceptors (Lipinski definition) is 4. The van der Waals surface area contributed by atoms with Gasteiger partial charge in [-0.2, -0.15) is 4.31 Å². The van der Waals surface area contributed by atoms with Gasteiger partial charge in [0, 0.05) is 26.2 Å². The largest absolute Gasteiger partial charge is 0.478 e. The topological polar surface area (TPSA) is 77.9 Å². The molecule has 0 bridgehead atoms. The van der Waals surface area contributed by atoms with Crippen LogP contribution in [0.2, 0.25) is 5.02 Å². The van der Waals surface area contributed by atoms with E-state index in [4.69, 9.17) is 11.6 Å². The number of aromatic carboxylic acids is 1. The summed E-state index contributed by atoms with van der Waals surface area (Å²) in [6.45, 7) is 1.47. The molecule has 0 unspecified atom stereocenters. The highest BCUT2D eigenvalue weighted by Crippen LogP contribution is 2.31. The van der Waals surface area contributed by atoms with Crippen LogP contribution in [0.25, 0.3) is 0 Å². The summed E-state index contributed by atoms with van der Waals surface area (Å²) >= 11 is 6.10. The third-order valence-corrected chi connectivity index (χ3v) is 4.85. The van der Waals surface area contributed by atoms with Crippen molar-refractivity contribution in [3.05, 3.63) is 28.8 Å². The minimum atomic E-state index is -3.21. The van der Waals surface area contributed by atoms with Gasteiger partial charge in [-0.1, -0.05) is 17.7 Å². The summed E-state index contributed by atoms with van der Waals surface area (Å²) < 4.78 is 24.3. The normalized spacial score (nSPS) is 17.2. The van der Waals surface area contributed by atoms with Crippen LogP contribution in [0.15, 0.2) is 18.2 Å². The lowest BCUT2D eigenvalue weighted by Crippen LogP contribution is -2.48. The molecule has 0 saturated carbocycles. The Balaban J connectivity index is 2.25.